The van der Waals surface area contributed by atoms with Crippen molar-refractivity contribution in [3.05, 3.63) is 45.3 Å². The van der Waals surface area contributed by atoms with Crippen molar-refractivity contribution in [2.24, 2.45) is 0 Å². The molecular weight excluding hydrogens is 398 g/mol. The van der Waals surface area contributed by atoms with Crippen molar-refractivity contribution < 1.29 is 23.4 Å². The zero-order valence-corrected chi connectivity index (χ0v) is 16.2. The third-order valence-electron chi connectivity index (χ3n) is 4.85. The summed E-state index contributed by atoms with van der Waals surface area (Å²) in [4.78, 5) is 32.7. The summed E-state index contributed by atoms with van der Waals surface area (Å²) >= 11 is 0. The molecule has 30 heavy (non-hydrogen) atoms. The Hall–Kier alpha value is -3.38. The molecule has 4 rings (SSSR count). The molecule has 0 amide bonds. The van der Waals surface area contributed by atoms with Gasteiger partial charge in [0, 0.05) is 6.54 Å². The topological polar surface area (TPSA) is 161 Å². The Bertz CT molecular complexity index is 1200. The lowest BCUT2D eigenvalue weighted by molar-refractivity contribution is -0.0223. The summed E-state index contributed by atoms with van der Waals surface area (Å²) in [6.07, 6.45) is 1.71. The number of imidazole rings is 1. The van der Waals surface area contributed by atoms with E-state index in [1.54, 1.807) is 13.0 Å². The highest BCUT2D eigenvalue weighted by Crippen LogP contribution is 2.32. The Labute approximate surface area is 169 Å². The van der Waals surface area contributed by atoms with Gasteiger partial charge in [-0.1, -0.05) is 6.08 Å². The molecule has 2 atom stereocenters. The van der Waals surface area contributed by atoms with Gasteiger partial charge in [-0.15, -0.1) is 6.58 Å². The fourth-order valence-electron chi connectivity index (χ4n) is 3.47. The molecule has 12 heteroatoms. The second-order valence-corrected chi connectivity index (χ2v) is 6.81. The van der Waals surface area contributed by atoms with E-state index in [2.05, 4.69) is 16.5 Å². The summed E-state index contributed by atoms with van der Waals surface area (Å²) in [5.74, 6) is -0.453. The average Bonchev–Trinajstić information content (AvgIpc) is 3.37. The highest BCUT2D eigenvalue weighted by Gasteiger charge is 2.31. The molecule has 160 valence electrons. The van der Waals surface area contributed by atoms with Gasteiger partial charge in [0.15, 0.2) is 29.3 Å². The first-order chi connectivity index (χ1) is 14.4. The minimum Gasteiger partial charge on any atom is -0.468 e. The average molecular weight is 419 g/mol. The minimum atomic E-state index is -0.843. The zero-order valence-electron chi connectivity index (χ0n) is 16.2. The molecule has 1 aliphatic heterocycles. The van der Waals surface area contributed by atoms with Gasteiger partial charge in [-0.3, -0.25) is 4.57 Å². The maximum absolute atomic E-state index is 13.2. The molecule has 0 saturated carbocycles. The molecule has 12 nitrogen and oxygen atoms in total. The summed E-state index contributed by atoms with van der Waals surface area (Å²) in [5.41, 5.74) is 6.00. The highest BCUT2D eigenvalue weighted by molar-refractivity contribution is 5.78. The predicted molar refractivity (Wildman–Crippen MR) is 103 cm³/mol. The Morgan fingerprint density at radius 1 is 1.33 bits per heavy atom. The van der Waals surface area contributed by atoms with E-state index < -0.39 is 17.7 Å². The Morgan fingerprint density at radius 2 is 2.13 bits per heavy atom. The summed E-state index contributed by atoms with van der Waals surface area (Å²) in [6, 6.07) is 0. The molecule has 0 bridgehead atoms. The van der Waals surface area contributed by atoms with Crippen molar-refractivity contribution in [3.8, 4) is 5.88 Å². The van der Waals surface area contributed by atoms with Crippen LogP contribution in [0.15, 0.2) is 31.1 Å². The maximum Gasteiger partial charge on any atom is 0.519 e. The summed E-state index contributed by atoms with van der Waals surface area (Å²) in [7, 11) is 0. The van der Waals surface area contributed by atoms with E-state index in [1.807, 2.05) is 0 Å². The monoisotopic (exact) mass is 419 g/mol. The van der Waals surface area contributed by atoms with Crippen molar-refractivity contribution in [1.82, 2.24) is 19.1 Å². The van der Waals surface area contributed by atoms with Crippen LogP contribution in [0.3, 0.4) is 0 Å². The number of ether oxygens (including phenoxy) is 2. The normalized spacial score (nSPS) is 18.9. The number of hydrogen-bond acceptors (Lipinski definition) is 10. The molecule has 0 unspecified atom stereocenters. The number of aliphatic hydroxyl groups is 1. The number of nitrogens with two attached hydrogens (primary N) is 1. The molecule has 4 heterocycles. The van der Waals surface area contributed by atoms with Gasteiger partial charge in [0.05, 0.1) is 12.7 Å². The van der Waals surface area contributed by atoms with Gasteiger partial charge in [0.1, 0.15) is 6.23 Å². The van der Waals surface area contributed by atoms with Gasteiger partial charge in [-0.25, -0.2) is 14.2 Å². The van der Waals surface area contributed by atoms with E-state index in [1.165, 1.54) is 9.13 Å². The van der Waals surface area contributed by atoms with Gasteiger partial charge in [-0.2, -0.15) is 9.97 Å². The zero-order chi connectivity index (χ0) is 21.4. The molecule has 3 aromatic heterocycles. The molecule has 1 aliphatic rings. The highest BCUT2D eigenvalue weighted by atomic mass is 16.6. The van der Waals surface area contributed by atoms with Crippen LogP contribution in [0.25, 0.3) is 11.2 Å². The lowest BCUT2D eigenvalue weighted by Crippen LogP contribution is -2.28. The van der Waals surface area contributed by atoms with E-state index >= 15 is 0 Å². The van der Waals surface area contributed by atoms with E-state index in [0.29, 0.717) is 18.4 Å². The van der Waals surface area contributed by atoms with Crippen LogP contribution in [0.1, 0.15) is 30.6 Å². The van der Waals surface area contributed by atoms with Crippen molar-refractivity contribution >= 4 is 17.1 Å². The molecule has 3 N–H and O–H groups in total. The van der Waals surface area contributed by atoms with Gasteiger partial charge >= 0.3 is 11.5 Å². The second-order valence-electron chi connectivity index (χ2n) is 6.81. The number of aryl methyl sites for hydroxylation is 1. The first kappa shape index (κ1) is 19.9. The molecule has 0 aliphatic carbocycles. The van der Waals surface area contributed by atoms with Crippen LogP contribution in [-0.2, 0) is 17.9 Å². The number of nitrogens with zero attached hydrogens (tertiary/aromatic N) is 4. The second kappa shape index (κ2) is 7.80. The first-order valence-electron chi connectivity index (χ1n) is 9.30. The van der Waals surface area contributed by atoms with Crippen molar-refractivity contribution in [2.75, 3.05) is 12.3 Å². The third-order valence-corrected chi connectivity index (χ3v) is 4.85. The van der Waals surface area contributed by atoms with Crippen LogP contribution in [-0.4, -0.2) is 36.9 Å². The minimum absolute atomic E-state index is 0.0372. The van der Waals surface area contributed by atoms with E-state index in [0.717, 1.165) is 0 Å². The van der Waals surface area contributed by atoms with Crippen LogP contribution < -0.4 is 22.0 Å². The molecule has 0 radical (unpaired) electrons. The fourth-order valence-corrected chi connectivity index (χ4v) is 3.47. The van der Waals surface area contributed by atoms with E-state index in [4.69, 9.17) is 24.0 Å². The standard InChI is InChI=1S/C18H21N5O7/c1-3-6-22-13-14(23(17(22)25)12-5-4-10(7-24)29-12)20-16(19)21-15(13)27-8-11-9(2)28-18(26)30-11/h3,10,12,24H,1,4-8H2,2H3,(H2,19,20,21)/t10-,12+/m0/s1. The van der Waals surface area contributed by atoms with Crippen LogP contribution in [0, 0.1) is 6.92 Å². The molecule has 3 aromatic rings. The molecule has 0 spiro atoms. The number of rotatable bonds is 7. The predicted octanol–water partition coefficient (Wildman–Crippen LogP) is 0.465. The number of aromatic nitrogens is 4. The van der Waals surface area contributed by atoms with Crippen molar-refractivity contribution in [1.29, 1.82) is 0 Å². The largest absolute Gasteiger partial charge is 0.519 e. The van der Waals surface area contributed by atoms with Gasteiger partial charge in [0.2, 0.25) is 11.8 Å². The fraction of sp³-hybridized carbons (Fsp3) is 0.444. The van der Waals surface area contributed by atoms with Crippen LogP contribution in [0.4, 0.5) is 5.95 Å². The molecule has 0 aromatic carbocycles. The quantitative estimate of drug-likeness (QED) is 0.515. The number of aliphatic hydroxyl groups excluding tert-OH is 1. The maximum atomic E-state index is 13.2. The number of hydrogen-bond donors (Lipinski definition) is 2. The number of anilines is 1. The van der Waals surface area contributed by atoms with Crippen LogP contribution in [0.5, 0.6) is 5.88 Å². The van der Waals surface area contributed by atoms with Gasteiger partial charge in [-0.05, 0) is 19.8 Å². The Kier molecular flexibility index (Phi) is 5.18. The van der Waals surface area contributed by atoms with Crippen molar-refractivity contribution in [3.63, 3.8) is 0 Å². The van der Waals surface area contributed by atoms with Crippen molar-refractivity contribution in [2.45, 2.75) is 45.2 Å². The first-order valence-corrected chi connectivity index (χ1v) is 9.30. The number of nitrogen functional groups attached to an aromatic ring is 1. The molecular formula is C18H21N5O7. The summed E-state index contributed by atoms with van der Waals surface area (Å²) < 4.78 is 24.0. The summed E-state index contributed by atoms with van der Waals surface area (Å²) in [6.45, 7) is 5.11. The Morgan fingerprint density at radius 3 is 2.77 bits per heavy atom. The third kappa shape index (κ3) is 3.39. The lowest BCUT2D eigenvalue weighted by Gasteiger charge is -2.13. The molecule has 1 fully saturated rings. The van der Waals surface area contributed by atoms with Crippen LogP contribution in [0.2, 0.25) is 0 Å². The van der Waals surface area contributed by atoms with E-state index in [9.17, 15) is 14.7 Å². The van der Waals surface area contributed by atoms with E-state index in [-0.39, 0.29) is 54.9 Å². The number of fused-ring (bicyclic) bond motifs is 1. The van der Waals surface area contributed by atoms with Gasteiger partial charge in [0.25, 0.3) is 0 Å². The number of allylic oxidation sites excluding steroid dienone is 1. The lowest BCUT2D eigenvalue weighted by atomic mass is 10.2. The Balaban J connectivity index is 1.82. The SMILES string of the molecule is C=CCn1c(=O)n([C@H]2CC[C@@H](CO)O2)c2nc(N)nc(OCc3oc(=O)oc3C)c21. The van der Waals surface area contributed by atoms with Gasteiger partial charge < -0.3 is 29.1 Å². The van der Waals surface area contributed by atoms with Crippen LogP contribution >= 0.6 is 0 Å². The summed E-state index contributed by atoms with van der Waals surface area (Å²) in [5, 5.41) is 9.36. The smallest absolute Gasteiger partial charge is 0.468 e. The molecule has 1 saturated heterocycles.